The summed E-state index contributed by atoms with van der Waals surface area (Å²) in [7, 11) is 0. The number of aromatic amines is 1. The van der Waals surface area contributed by atoms with E-state index in [1.165, 1.54) is 0 Å². The Balaban J connectivity index is 1.23. The molecule has 5 rings (SSSR count). The van der Waals surface area contributed by atoms with E-state index in [2.05, 4.69) is 19.9 Å². The minimum Gasteiger partial charge on any atom is -0.339 e. The molecule has 1 aliphatic heterocycles. The van der Waals surface area contributed by atoms with E-state index in [0.29, 0.717) is 23.5 Å². The molecule has 0 aromatic carbocycles. The molecule has 4 aromatic rings. The summed E-state index contributed by atoms with van der Waals surface area (Å²) in [4.78, 5) is 42.2. The van der Waals surface area contributed by atoms with Crippen LogP contribution in [0, 0.1) is 5.92 Å². The molecule has 0 spiro atoms. The number of amides is 1. The van der Waals surface area contributed by atoms with E-state index >= 15 is 0 Å². The zero-order valence-electron chi connectivity index (χ0n) is 17.6. The maximum absolute atomic E-state index is 13.0. The van der Waals surface area contributed by atoms with Gasteiger partial charge < -0.3 is 14.5 Å². The van der Waals surface area contributed by atoms with Gasteiger partial charge in [0.15, 0.2) is 5.65 Å². The number of nitrogens with zero attached hydrogens (tertiary/aromatic N) is 5. The summed E-state index contributed by atoms with van der Waals surface area (Å²) in [5, 5.41) is 0. The average Bonchev–Trinajstić information content (AvgIpc) is 3.23. The second-order valence-corrected chi connectivity index (χ2v) is 8.26. The third kappa shape index (κ3) is 4.30. The minimum absolute atomic E-state index is 0.00108. The maximum Gasteiger partial charge on any atom is 0.255 e. The predicted molar refractivity (Wildman–Crippen MR) is 120 cm³/mol. The molecular formula is C24H24N6O2. The van der Waals surface area contributed by atoms with Crippen molar-refractivity contribution in [1.29, 1.82) is 0 Å². The molecule has 8 heteroatoms. The van der Waals surface area contributed by atoms with Crippen molar-refractivity contribution < 1.29 is 4.79 Å². The number of carbonyl (C=O) groups excluding carboxylic acids is 1. The summed E-state index contributed by atoms with van der Waals surface area (Å²) < 4.78 is 1.94. The van der Waals surface area contributed by atoms with Crippen LogP contribution in [-0.2, 0) is 13.0 Å². The first kappa shape index (κ1) is 20.1. The molecule has 5 heterocycles. The number of aromatic nitrogens is 5. The smallest absolute Gasteiger partial charge is 0.255 e. The van der Waals surface area contributed by atoms with Crippen molar-refractivity contribution in [2.45, 2.75) is 25.8 Å². The second kappa shape index (κ2) is 8.74. The average molecular weight is 428 g/mol. The number of hydrogen-bond acceptors (Lipinski definition) is 5. The fourth-order valence-corrected chi connectivity index (χ4v) is 4.27. The molecule has 0 bridgehead atoms. The van der Waals surface area contributed by atoms with Crippen molar-refractivity contribution in [3.63, 3.8) is 0 Å². The molecule has 0 saturated carbocycles. The van der Waals surface area contributed by atoms with Gasteiger partial charge >= 0.3 is 0 Å². The first-order chi connectivity index (χ1) is 15.7. The van der Waals surface area contributed by atoms with E-state index in [1.54, 1.807) is 31.0 Å². The lowest BCUT2D eigenvalue weighted by atomic mass is 9.90. The number of fused-ring (bicyclic) bond motifs is 1. The molecule has 162 valence electrons. The fourth-order valence-electron chi connectivity index (χ4n) is 4.27. The van der Waals surface area contributed by atoms with Gasteiger partial charge in [-0.3, -0.25) is 14.6 Å². The molecule has 4 aromatic heterocycles. The quantitative estimate of drug-likeness (QED) is 0.527. The molecule has 1 amide bonds. The summed E-state index contributed by atoms with van der Waals surface area (Å²) in [6, 6.07) is 11.1. The molecule has 8 nitrogen and oxygen atoms in total. The highest BCUT2D eigenvalue weighted by atomic mass is 16.2. The Hall–Kier alpha value is -3.81. The molecule has 1 N–H and O–H groups in total. The van der Waals surface area contributed by atoms with Gasteiger partial charge in [0.05, 0.1) is 24.1 Å². The van der Waals surface area contributed by atoms with Crippen molar-refractivity contribution in [3.8, 4) is 0 Å². The van der Waals surface area contributed by atoms with Gasteiger partial charge in [0, 0.05) is 37.7 Å². The van der Waals surface area contributed by atoms with E-state index in [1.807, 2.05) is 39.8 Å². The van der Waals surface area contributed by atoms with E-state index in [4.69, 9.17) is 0 Å². The van der Waals surface area contributed by atoms with Crippen LogP contribution in [0.2, 0.25) is 0 Å². The van der Waals surface area contributed by atoms with E-state index in [9.17, 15) is 9.59 Å². The maximum atomic E-state index is 13.0. The molecule has 1 aliphatic rings. The summed E-state index contributed by atoms with van der Waals surface area (Å²) >= 11 is 0. The zero-order chi connectivity index (χ0) is 21.9. The Kier molecular flexibility index (Phi) is 5.49. The van der Waals surface area contributed by atoms with Gasteiger partial charge in [-0.05, 0) is 48.9 Å². The monoisotopic (exact) mass is 428 g/mol. The number of nitrogens with one attached hydrogen (secondary N) is 1. The summed E-state index contributed by atoms with van der Waals surface area (Å²) in [6.07, 6.45) is 9.74. The van der Waals surface area contributed by atoms with Crippen LogP contribution >= 0.6 is 0 Å². The molecule has 32 heavy (non-hydrogen) atoms. The SMILES string of the molecule is O=C(c1cnc2c(c1)ncn2Cc1ccccn1)N1CCC(Cc2ccc(=O)[nH]c2)CC1. The number of rotatable bonds is 5. The molecule has 0 aliphatic carbocycles. The second-order valence-electron chi connectivity index (χ2n) is 8.26. The Morgan fingerprint density at radius 1 is 1.09 bits per heavy atom. The normalized spacial score (nSPS) is 14.7. The summed E-state index contributed by atoms with van der Waals surface area (Å²) in [5.74, 6) is 0.508. The van der Waals surface area contributed by atoms with Crippen molar-refractivity contribution in [3.05, 3.63) is 88.5 Å². The number of carbonyl (C=O) groups is 1. The van der Waals surface area contributed by atoms with Crippen molar-refractivity contribution in [1.82, 2.24) is 29.4 Å². The van der Waals surface area contributed by atoms with Gasteiger partial charge in [-0.1, -0.05) is 12.1 Å². The highest BCUT2D eigenvalue weighted by Gasteiger charge is 2.24. The Bertz CT molecular complexity index is 1270. The van der Waals surface area contributed by atoms with Crippen LogP contribution in [0.1, 0.15) is 34.5 Å². The number of pyridine rings is 3. The van der Waals surface area contributed by atoms with Gasteiger partial charge in [0.1, 0.15) is 5.52 Å². The number of H-pyrrole nitrogens is 1. The summed E-state index contributed by atoms with van der Waals surface area (Å²) in [6.45, 7) is 2.03. The summed E-state index contributed by atoms with van der Waals surface area (Å²) in [5.41, 5.74) is 4.00. The fraction of sp³-hybridized carbons (Fsp3) is 0.292. The predicted octanol–water partition coefficient (Wildman–Crippen LogP) is 2.66. The highest BCUT2D eigenvalue weighted by Crippen LogP contribution is 2.23. The van der Waals surface area contributed by atoms with E-state index in [-0.39, 0.29) is 11.5 Å². The third-order valence-electron chi connectivity index (χ3n) is 6.04. The number of imidazole rings is 1. The van der Waals surface area contributed by atoms with E-state index < -0.39 is 0 Å². The van der Waals surface area contributed by atoms with Gasteiger partial charge in [-0.25, -0.2) is 9.97 Å². The standard InChI is InChI=1S/C24H24N6O2/c31-22-5-4-18(13-26-22)11-17-6-9-29(10-7-17)24(32)19-12-21-23(27-14-19)30(16-28-21)15-20-3-1-2-8-25-20/h1-5,8,12-14,16-17H,6-7,9-11,15H2,(H,26,31). The lowest BCUT2D eigenvalue weighted by Gasteiger charge is -2.32. The van der Waals surface area contributed by atoms with Gasteiger partial charge in [-0.15, -0.1) is 0 Å². The van der Waals surface area contributed by atoms with Crippen molar-refractivity contribution in [2.24, 2.45) is 5.92 Å². The lowest BCUT2D eigenvalue weighted by Crippen LogP contribution is -2.39. The van der Waals surface area contributed by atoms with Gasteiger partial charge in [0.25, 0.3) is 5.91 Å². The highest BCUT2D eigenvalue weighted by molar-refractivity contribution is 5.96. The first-order valence-electron chi connectivity index (χ1n) is 10.8. The Morgan fingerprint density at radius 3 is 2.72 bits per heavy atom. The third-order valence-corrected chi connectivity index (χ3v) is 6.04. The molecular weight excluding hydrogens is 404 g/mol. The van der Waals surface area contributed by atoms with Crippen LogP contribution in [0.4, 0.5) is 0 Å². The first-order valence-corrected chi connectivity index (χ1v) is 10.8. The number of likely N-dealkylation sites (tertiary alicyclic amines) is 1. The molecule has 1 fully saturated rings. The van der Waals surface area contributed by atoms with Crippen molar-refractivity contribution in [2.75, 3.05) is 13.1 Å². The van der Waals surface area contributed by atoms with Crippen LogP contribution < -0.4 is 5.56 Å². The Labute approximate surface area is 185 Å². The van der Waals surface area contributed by atoms with Crippen LogP contribution in [0.15, 0.2) is 66.1 Å². The molecule has 0 atom stereocenters. The van der Waals surface area contributed by atoms with Gasteiger partial charge in [-0.2, -0.15) is 0 Å². The van der Waals surface area contributed by atoms with E-state index in [0.717, 1.165) is 49.3 Å². The van der Waals surface area contributed by atoms with Crippen LogP contribution in [-0.4, -0.2) is 48.4 Å². The number of piperidine rings is 1. The van der Waals surface area contributed by atoms with Crippen LogP contribution in [0.3, 0.4) is 0 Å². The zero-order valence-corrected chi connectivity index (χ0v) is 17.6. The molecule has 0 unspecified atom stereocenters. The molecule has 0 radical (unpaired) electrons. The Morgan fingerprint density at radius 2 is 1.97 bits per heavy atom. The lowest BCUT2D eigenvalue weighted by molar-refractivity contribution is 0.0690. The minimum atomic E-state index is -0.0821. The topological polar surface area (TPSA) is 96.8 Å². The van der Waals surface area contributed by atoms with Crippen LogP contribution in [0.5, 0.6) is 0 Å². The van der Waals surface area contributed by atoms with Gasteiger partial charge in [0.2, 0.25) is 5.56 Å². The largest absolute Gasteiger partial charge is 0.339 e. The van der Waals surface area contributed by atoms with Crippen LogP contribution in [0.25, 0.3) is 11.2 Å². The van der Waals surface area contributed by atoms with Crippen molar-refractivity contribution >= 4 is 17.1 Å². The molecule has 1 saturated heterocycles. The number of hydrogen-bond donors (Lipinski definition) is 1.